The molecule has 6 heteroatoms. The van der Waals surface area contributed by atoms with Crippen molar-refractivity contribution in [3.8, 4) is 5.69 Å². The van der Waals surface area contributed by atoms with Crippen LogP contribution in [-0.2, 0) is 0 Å². The quantitative estimate of drug-likeness (QED) is 0.905. The Hall–Kier alpha value is -2.24. The second kappa shape index (κ2) is 4.56. The molecule has 2 rings (SSSR count). The molecular formula is C12H12FN3O2. The van der Waals surface area contributed by atoms with Gasteiger partial charge in [0.2, 0.25) is 0 Å². The zero-order chi connectivity index (χ0) is 13.3. The summed E-state index contributed by atoms with van der Waals surface area (Å²) in [6.45, 7) is 3.84. The fraction of sp³-hybridized carbons (Fsp3) is 0.250. The highest BCUT2D eigenvalue weighted by Gasteiger charge is 2.17. The molecule has 0 saturated heterocycles. The van der Waals surface area contributed by atoms with E-state index >= 15 is 0 Å². The van der Waals surface area contributed by atoms with Crippen LogP contribution in [0.3, 0.4) is 0 Å². The topological polar surface area (TPSA) is 68.0 Å². The van der Waals surface area contributed by atoms with E-state index < -0.39 is 11.8 Å². The average molecular weight is 249 g/mol. The molecule has 0 atom stereocenters. The molecule has 1 aromatic carbocycles. The van der Waals surface area contributed by atoms with Crippen molar-refractivity contribution >= 4 is 5.97 Å². The van der Waals surface area contributed by atoms with Crippen molar-refractivity contribution in [2.45, 2.75) is 19.8 Å². The number of hydrogen-bond donors (Lipinski definition) is 1. The molecule has 0 spiro atoms. The van der Waals surface area contributed by atoms with Gasteiger partial charge in [-0.15, -0.1) is 10.2 Å². The lowest BCUT2D eigenvalue weighted by molar-refractivity contribution is 0.0696. The second-order valence-corrected chi connectivity index (χ2v) is 4.18. The molecule has 0 unspecified atom stereocenters. The Labute approximate surface area is 103 Å². The maximum absolute atomic E-state index is 13.1. The van der Waals surface area contributed by atoms with Gasteiger partial charge in [0.25, 0.3) is 0 Å². The van der Waals surface area contributed by atoms with Gasteiger partial charge >= 0.3 is 5.97 Å². The maximum Gasteiger partial charge on any atom is 0.337 e. The molecular weight excluding hydrogens is 237 g/mol. The van der Waals surface area contributed by atoms with Crippen molar-refractivity contribution in [1.82, 2.24) is 14.8 Å². The first-order valence-electron chi connectivity index (χ1n) is 5.44. The van der Waals surface area contributed by atoms with Crippen molar-refractivity contribution < 1.29 is 14.3 Å². The number of rotatable bonds is 3. The highest BCUT2D eigenvalue weighted by Crippen LogP contribution is 2.21. The van der Waals surface area contributed by atoms with E-state index in [2.05, 4.69) is 10.2 Å². The molecule has 1 heterocycles. The van der Waals surface area contributed by atoms with Crippen LogP contribution in [-0.4, -0.2) is 25.8 Å². The summed E-state index contributed by atoms with van der Waals surface area (Å²) in [5.74, 6) is -1.06. The zero-order valence-electron chi connectivity index (χ0n) is 9.96. The molecule has 0 amide bonds. The third-order valence-electron chi connectivity index (χ3n) is 2.54. The Bertz CT molecular complexity index is 593. The third kappa shape index (κ3) is 2.09. The first kappa shape index (κ1) is 12.2. The fourth-order valence-electron chi connectivity index (χ4n) is 1.71. The predicted molar refractivity (Wildman–Crippen MR) is 62.4 cm³/mol. The number of halogens is 1. The molecule has 0 aliphatic carbocycles. The van der Waals surface area contributed by atoms with Gasteiger partial charge in [-0.3, -0.25) is 4.57 Å². The number of carboxylic acid groups (broad SMARTS) is 1. The van der Waals surface area contributed by atoms with Crippen LogP contribution in [0.1, 0.15) is 35.9 Å². The van der Waals surface area contributed by atoms with E-state index in [0.717, 1.165) is 6.07 Å². The van der Waals surface area contributed by atoms with Crippen LogP contribution in [0.4, 0.5) is 4.39 Å². The number of aromatic carboxylic acids is 1. The molecule has 0 bridgehead atoms. The predicted octanol–water partition coefficient (Wildman–Crippen LogP) is 2.23. The number of carbonyl (C=O) groups is 1. The van der Waals surface area contributed by atoms with Crippen LogP contribution in [0.5, 0.6) is 0 Å². The van der Waals surface area contributed by atoms with Crippen LogP contribution in [0, 0.1) is 5.82 Å². The largest absolute Gasteiger partial charge is 0.478 e. The highest BCUT2D eigenvalue weighted by atomic mass is 19.1. The van der Waals surface area contributed by atoms with Gasteiger partial charge in [0, 0.05) is 5.92 Å². The van der Waals surface area contributed by atoms with Crippen LogP contribution >= 0.6 is 0 Å². The zero-order valence-corrected chi connectivity index (χ0v) is 9.96. The first-order chi connectivity index (χ1) is 8.50. The average Bonchev–Trinajstić information content (AvgIpc) is 2.77. The van der Waals surface area contributed by atoms with E-state index in [1.165, 1.54) is 18.5 Å². The van der Waals surface area contributed by atoms with Crippen LogP contribution < -0.4 is 0 Å². The molecule has 94 valence electrons. The summed E-state index contributed by atoms with van der Waals surface area (Å²) in [4.78, 5) is 11.1. The van der Waals surface area contributed by atoms with E-state index in [1.54, 1.807) is 4.57 Å². The van der Waals surface area contributed by atoms with E-state index in [9.17, 15) is 9.18 Å². The summed E-state index contributed by atoms with van der Waals surface area (Å²) in [6, 6.07) is 3.61. The molecule has 0 fully saturated rings. The van der Waals surface area contributed by atoms with Crippen LogP contribution in [0.25, 0.3) is 5.69 Å². The third-order valence-corrected chi connectivity index (χ3v) is 2.54. The Morgan fingerprint density at radius 1 is 1.44 bits per heavy atom. The van der Waals surface area contributed by atoms with Crippen molar-refractivity contribution in [1.29, 1.82) is 0 Å². The lowest BCUT2D eigenvalue weighted by Gasteiger charge is -2.11. The van der Waals surface area contributed by atoms with Gasteiger partial charge in [-0.25, -0.2) is 9.18 Å². The molecule has 0 radical (unpaired) electrons. The number of benzene rings is 1. The molecule has 18 heavy (non-hydrogen) atoms. The molecule has 5 nitrogen and oxygen atoms in total. The van der Waals surface area contributed by atoms with Crippen LogP contribution in [0.2, 0.25) is 0 Å². The lowest BCUT2D eigenvalue weighted by atomic mass is 10.1. The van der Waals surface area contributed by atoms with Crippen molar-refractivity contribution in [3.05, 3.63) is 41.7 Å². The summed E-state index contributed by atoms with van der Waals surface area (Å²) < 4.78 is 14.7. The molecule has 0 aliphatic rings. The molecule has 0 aliphatic heterocycles. The summed E-state index contributed by atoms with van der Waals surface area (Å²) in [5.41, 5.74) is 0.245. The first-order valence-corrected chi connectivity index (χ1v) is 5.44. The van der Waals surface area contributed by atoms with Gasteiger partial charge in [-0.05, 0) is 18.2 Å². The minimum Gasteiger partial charge on any atom is -0.478 e. The Kier molecular flexibility index (Phi) is 3.10. The molecule has 2 aromatic rings. The van der Waals surface area contributed by atoms with Gasteiger partial charge in [0.1, 0.15) is 18.0 Å². The van der Waals surface area contributed by atoms with E-state index in [-0.39, 0.29) is 11.5 Å². The van der Waals surface area contributed by atoms with Gasteiger partial charge in [-0.2, -0.15) is 0 Å². The molecule has 1 aromatic heterocycles. The van der Waals surface area contributed by atoms with Gasteiger partial charge in [0.15, 0.2) is 0 Å². The Morgan fingerprint density at radius 2 is 2.17 bits per heavy atom. The number of aromatic nitrogens is 3. The normalized spacial score (nSPS) is 10.9. The summed E-state index contributed by atoms with van der Waals surface area (Å²) in [5, 5.41) is 16.8. The minimum atomic E-state index is -1.19. The number of hydrogen-bond acceptors (Lipinski definition) is 3. The van der Waals surface area contributed by atoms with E-state index in [1.807, 2.05) is 13.8 Å². The number of carboxylic acids is 1. The summed E-state index contributed by atoms with van der Waals surface area (Å²) in [7, 11) is 0. The monoisotopic (exact) mass is 249 g/mol. The van der Waals surface area contributed by atoms with Gasteiger partial charge in [0.05, 0.1) is 11.3 Å². The Balaban J connectivity index is 2.63. The minimum absolute atomic E-state index is 0.0826. The van der Waals surface area contributed by atoms with Crippen LogP contribution in [0.15, 0.2) is 24.5 Å². The molecule has 1 N–H and O–H groups in total. The molecule has 0 saturated carbocycles. The van der Waals surface area contributed by atoms with Gasteiger partial charge in [-0.1, -0.05) is 13.8 Å². The number of nitrogens with zero attached hydrogens (tertiary/aromatic N) is 3. The summed E-state index contributed by atoms with van der Waals surface area (Å²) in [6.07, 6.45) is 1.43. The Morgan fingerprint density at radius 3 is 2.78 bits per heavy atom. The van der Waals surface area contributed by atoms with E-state index in [0.29, 0.717) is 11.5 Å². The van der Waals surface area contributed by atoms with E-state index in [4.69, 9.17) is 5.11 Å². The maximum atomic E-state index is 13.1. The SMILES string of the molecule is CC(C)c1nncn1-c1ccc(F)cc1C(=O)O. The fourth-order valence-corrected chi connectivity index (χ4v) is 1.71. The summed E-state index contributed by atoms with van der Waals surface area (Å²) >= 11 is 0. The van der Waals surface area contributed by atoms with Crippen molar-refractivity contribution in [2.75, 3.05) is 0 Å². The van der Waals surface area contributed by atoms with Crippen molar-refractivity contribution in [3.63, 3.8) is 0 Å². The smallest absolute Gasteiger partial charge is 0.337 e. The highest BCUT2D eigenvalue weighted by molar-refractivity contribution is 5.92. The van der Waals surface area contributed by atoms with Crippen molar-refractivity contribution in [2.24, 2.45) is 0 Å². The lowest BCUT2D eigenvalue weighted by Crippen LogP contribution is -2.09. The van der Waals surface area contributed by atoms with Gasteiger partial charge < -0.3 is 5.11 Å². The standard InChI is InChI=1S/C12H12FN3O2/c1-7(2)11-15-14-6-16(11)10-4-3-8(13)5-9(10)12(17)18/h3-7H,1-2H3,(H,17,18). The second-order valence-electron chi connectivity index (χ2n) is 4.18.